The van der Waals surface area contributed by atoms with E-state index in [4.69, 9.17) is 18.9 Å². The Morgan fingerprint density at radius 3 is 1.67 bits per heavy atom. The van der Waals surface area contributed by atoms with Crippen molar-refractivity contribution in [1.29, 1.82) is 0 Å². The van der Waals surface area contributed by atoms with Crippen molar-refractivity contribution >= 4 is 11.9 Å². The highest BCUT2D eigenvalue weighted by Crippen LogP contribution is 2.22. The van der Waals surface area contributed by atoms with Crippen molar-refractivity contribution in [3.8, 4) is 0 Å². The summed E-state index contributed by atoms with van der Waals surface area (Å²) in [7, 11) is 0. The van der Waals surface area contributed by atoms with Gasteiger partial charge in [-0.05, 0) is 44.9 Å². The summed E-state index contributed by atoms with van der Waals surface area (Å²) < 4.78 is 22.0. The van der Waals surface area contributed by atoms with Gasteiger partial charge in [-0.2, -0.15) is 0 Å². The number of unbranched alkanes of at least 4 members (excludes halogenated alkanes) is 18. The summed E-state index contributed by atoms with van der Waals surface area (Å²) >= 11 is 0. The fraction of sp³-hybridized carbons (Fsp3) is 0.854. The second-order valence-electron chi connectivity index (χ2n) is 14.1. The number of esters is 2. The van der Waals surface area contributed by atoms with Crippen molar-refractivity contribution in [2.45, 2.75) is 205 Å². The van der Waals surface area contributed by atoms with E-state index in [-0.39, 0.29) is 26.1 Å². The highest BCUT2D eigenvalue weighted by atomic mass is 16.7. The molecule has 10 heteroatoms. The summed E-state index contributed by atoms with van der Waals surface area (Å²) in [6.45, 7) is 3.36. The van der Waals surface area contributed by atoms with Crippen LogP contribution in [0.3, 0.4) is 0 Å². The van der Waals surface area contributed by atoms with E-state index < -0.39 is 55.4 Å². The molecule has 51 heavy (non-hydrogen) atoms. The molecule has 0 aromatic heterocycles. The van der Waals surface area contributed by atoms with Gasteiger partial charge in [-0.25, -0.2) is 0 Å². The summed E-state index contributed by atoms with van der Waals surface area (Å²) in [5.74, 6) is -0.843. The van der Waals surface area contributed by atoms with Crippen LogP contribution in [0.5, 0.6) is 0 Å². The highest BCUT2D eigenvalue weighted by Gasteiger charge is 2.44. The lowest BCUT2D eigenvalue weighted by Crippen LogP contribution is -2.59. The summed E-state index contributed by atoms with van der Waals surface area (Å²) in [6, 6.07) is 0. The van der Waals surface area contributed by atoms with Crippen LogP contribution in [0.4, 0.5) is 0 Å². The topological polar surface area (TPSA) is 152 Å². The molecule has 10 nitrogen and oxygen atoms in total. The molecular formula is C41H74O10. The zero-order chi connectivity index (χ0) is 37.4. The first kappa shape index (κ1) is 47.2. The maximum absolute atomic E-state index is 12.7. The molecule has 0 bridgehead atoms. The first-order valence-electron chi connectivity index (χ1n) is 20.4. The molecule has 0 radical (unpaired) electrons. The van der Waals surface area contributed by atoms with Crippen LogP contribution < -0.4 is 0 Å². The van der Waals surface area contributed by atoms with Crippen LogP contribution >= 0.6 is 0 Å². The Morgan fingerprint density at radius 2 is 1.10 bits per heavy atom. The minimum atomic E-state index is -1.60. The first-order valence-corrected chi connectivity index (χ1v) is 20.4. The molecular weight excluding hydrogens is 652 g/mol. The van der Waals surface area contributed by atoms with Gasteiger partial charge in [0.25, 0.3) is 0 Å². The molecule has 1 aliphatic rings. The maximum Gasteiger partial charge on any atom is 0.306 e. The van der Waals surface area contributed by atoms with E-state index in [0.717, 1.165) is 44.9 Å². The van der Waals surface area contributed by atoms with Crippen molar-refractivity contribution in [3.05, 3.63) is 24.3 Å². The third-order valence-corrected chi connectivity index (χ3v) is 9.34. The number of allylic oxidation sites excluding steroid dienone is 4. The smallest absolute Gasteiger partial charge is 0.306 e. The van der Waals surface area contributed by atoms with E-state index in [1.807, 2.05) is 0 Å². The fourth-order valence-electron chi connectivity index (χ4n) is 6.04. The Kier molecular flexibility index (Phi) is 30.4. The largest absolute Gasteiger partial charge is 0.462 e. The summed E-state index contributed by atoms with van der Waals surface area (Å²) in [5.41, 5.74) is 0. The Balaban J connectivity index is 2.39. The van der Waals surface area contributed by atoms with Crippen LogP contribution in [0.2, 0.25) is 0 Å². The van der Waals surface area contributed by atoms with Crippen LogP contribution in [-0.2, 0) is 28.5 Å². The molecule has 0 aliphatic carbocycles. The standard InChI is InChI=1S/C41H74O10/c1-3-5-7-9-11-13-15-16-17-18-20-21-23-25-27-29-36(43)48-32-34(33-49-41-40(47)39(46)38(45)35(31-42)51-41)50-37(44)30-28-26-24-22-19-14-12-10-8-6-4-2/h16-17,20-21,34-35,38-42,45-47H,3-15,18-19,22-33H2,1-2H3/b17-16+,21-20+/t34-,35-,38+,39?,40?,41-/m0/s1. The van der Waals surface area contributed by atoms with E-state index >= 15 is 0 Å². The van der Waals surface area contributed by atoms with Gasteiger partial charge in [-0.15, -0.1) is 0 Å². The zero-order valence-corrected chi connectivity index (χ0v) is 32.1. The predicted molar refractivity (Wildman–Crippen MR) is 201 cm³/mol. The lowest BCUT2D eigenvalue weighted by Gasteiger charge is -2.39. The summed E-state index contributed by atoms with van der Waals surface area (Å²) in [4.78, 5) is 25.2. The van der Waals surface area contributed by atoms with Crippen molar-refractivity contribution in [3.63, 3.8) is 0 Å². The van der Waals surface area contributed by atoms with Crippen molar-refractivity contribution < 1.29 is 49.0 Å². The molecule has 0 aromatic carbocycles. The second kappa shape index (κ2) is 32.8. The molecule has 0 saturated carbocycles. The Bertz CT molecular complexity index is 892. The van der Waals surface area contributed by atoms with Crippen LogP contribution in [-0.4, -0.2) is 89.0 Å². The van der Waals surface area contributed by atoms with E-state index in [1.165, 1.54) is 83.5 Å². The van der Waals surface area contributed by atoms with Gasteiger partial charge < -0.3 is 39.4 Å². The van der Waals surface area contributed by atoms with Crippen LogP contribution in [0.25, 0.3) is 0 Å². The molecule has 298 valence electrons. The van der Waals surface area contributed by atoms with Gasteiger partial charge in [0.1, 0.15) is 31.0 Å². The van der Waals surface area contributed by atoms with Crippen LogP contribution in [0, 0.1) is 0 Å². The molecule has 0 amide bonds. The number of aliphatic hydroxyl groups excluding tert-OH is 4. The molecule has 1 rings (SSSR count). The van der Waals surface area contributed by atoms with Crippen molar-refractivity contribution in [1.82, 2.24) is 0 Å². The fourth-order valence-corrected chi connectivity index (χ4v) is 6.04. The van der Waals surface area contributed by atoms with Gasteiger partial charge in [0, 0.05) is 12.8 Å². The molecule has 2 unspecified atom stereocenters. The van der Waals surface area contributed by atoms with Gasteiger partial charge in [0.15, 0.2) is 12.4 Å². The SMILES string of the molecule is CCCCCCCC/C=C/C/C=C/CCCCC(=O)OC[C@@H](CO[C@H]1O[C@@H](CO)[C@@H](O)C(O)C1O)OC(=O)CCCCCCCCCCCCC. The molecule has 1 saturated heterocycles. The molecule has 0 spiro atoms. The third kappa shape index (κ3) is 24.9. The number of hydrogen-bond donors (Lipinski definition) is 4. The Hall–Kier alpha value is -1.82. The van der Waals surface area contributed by atoms with Crippen molar-refractivity contribution in [2.75, 3.05) is 19.8 Å². The zero-order valence-electron chi connectivity index (χ0n) is 32.1. The molecule has 4 N–H and O–H groups in total. The lowest BCUT2D eigenvalue weighted by molar-refractivity contribution is -0.305. The number of hydrogen-bond acceptors (Lipinski definition) is 10. The molecule has 1 aliphatic heterocycles. The van der Waals surface area contributed by atoms with E-state index in [2.05, 4.69) is 38.2 Å². The van der Waals surface area contributed by atoms with E-state index in [1.54, 1.807) is 0 Å². The van der Waals surface area contributed by atoms with Gasteiger partial charge in [0.2, 0.25) is 0 Å². The van der Waals surface area contributed by atoms with Gasteiger partial charge in [-0.1, -0.05) is 134 Å². The number of carbonyl (C=O) groups excluding carboxylic acids is 2. The highest BCUT2D eigenvalue weighted by molar-refractivity contribution is 5.70. The molecule has 1 fully saturated rings. The lowest BCUT2D eigenvalue weighted by atomic mass is 9.99. The average Bonchev–Trinajstić information content (AvgIpc) is 3.13. The number of carbonyl (C=O) groups is 2. The number of ether oxygens (including phenoxy) is 4. The van der Waals surface area contributed by atoms with E-state index in [0.29, 0.717) is 12.8 Å². The minimum absolute atomic E-state index is 0.226. The predicted octanol–water partition coefficient (Wildman–Crippen LogP) is 7.77. The van der Waals surface area contributed by atoms with Gasteiger partial charge in [-0.3, -0.25) is 9.59 Å². The molecule has 6 atom stereocenters. The Labute approximate surface area is 309 Å². The summed E-state index contributed by atoms with van der Waals surface area (Å²) in [6.07, 6.45) is 26.2. The average molecular weight is 727 g/mol. The first-order chi connectivity index (χ1) is 24.8. The van der Waals surface area contributed by atoms with Gasteiger partial charge >= 0.3 is 11.9 Å². The molecule has 0 aromatic rings. The van der Waals surface area contributed by atoms with Crippen LogP contribution in [0.15, 0.2) is 24.3 Å². The quantitative estimate of drug-likeness (QED) is 0.0300. The van der Waals surface area contributed by atoms with Gasteiger partial charge in [0.05, 0.1) is 13.2 Å². The Morgan fingerprint density at radius 1 is 0.608 bits per heavy atom. The van der Waals surface area contributed by atoms with Crippen molar-refractivity contribution in [2.24, 2.45) is 0 Å². The minimum Gasteiger partial charge on any atom is -0.462 e. The normalized spacial score (nSPS) is 21.4. The number of aliphatic hydroxyl groups is 4. The van der Waals surface area contributed by atoms with Crippen LogP contribution in [0.1, 0.15) is 168 Å². The maximum atomic E-state index is 12.7. The summed E-state index contributed by atoms with van der Waals surface area (Å²) in [5, 5.41) is 39.9. The van der Waals surface area contributed by atoms with E-state index in [9.17, 15) is 30.0 Å². The second-order valence-corrected chi connectivity index (χ2v) is 14.1. The molecule has 1 heterocycles. The monoisotopic (exact) mass is 727 g/mol. The number of rotatable bonds is 33. The third-order valence-electron chi connectivity index (χ3n) is 9.34.